The summed E-state index contributed by atoms with van der Waals surface area (Å²) in [6, 6.07) is 0. The predicted molar refractivity (Wildman–Crippen MR) is 242 cm³/mol. The first-order valence-corrected chi connectivity index (χ1v) is 24.2. The minimum Gasteiger partial charge on any atom is -0.457 e. The maximum absolute atomic E-state index is 12.7. The third-order valence-corrected chi connectivity index (χ3v) is 10.2. The second-order valence-electron chi connectivity index (χ2n) is 16.0. The number of hydrogen-bond donors (Lipinski definition) is 1. The standard InChI is InChI=1S/C48H86NO7P/c1-6-8-10-12-14-16-18-20-21-22-23-24-25-26-27-28-30-32-34-36-38-40-43-53-45-47(46-55-57(51,52)54-44-42-49(3,4)5)56-48(50)41-39-37-35-33-31-29-19-17-15-13-11-9-7-2/h8,10-11,13-14,16-17,19-21,23-24,47H,6-7,9,12,15,18,22,25-46H2,1-5H3/p+1/b10-8-,13-11-,16-14-,19-17-,21-20-,24-23-. The first kappa shape index (κ1) is 54.9. The van der Waals surface area contributed by atoms with Crippen molar-refractivity contribution >= 4 is 13.8 Å². The van der Waals surface area contributed by atoms with Gasteiger partial charge in [-0.3, -0.25) is 13.8 Å². The molecule has 0 heterocycles. The number of esters is 1. The summed E-state index contributed by atoms with van der Waals surface area (Å²) in [5.41, 5.74) is 0. The number of carbonyl (C=O) groups is 1. The minimum absolute atomic E-state index is 0.0809. The summed E-state index contributed by atoms with van der Waals surface area (Å²) in [6.45, 7) is 5.40. The van der Waals surface area contributed by atoms with Crippen LogP contribution in [0.5, 0.6) is 0 Å². The van der Waals surface area contributed by atoms with Crippen LogP contribution in [0.3, 0.4) is 0 Å². The highest BCUT2D eigenvalue weighted by molar-refractivity contribution is 7.47. The third-order valence-electron chi connectivity index (χ3n) is 9.23. The van der Waals surface area contributed by atoms with Crippen LogP contribution in [0.2, 0.25) is 0 Å². The fourth-order valence-electron chi connectivity index (χ4n) is 5.76. The normalized spacial score (nSPS) is 14.4. The average Bonchev–Trinajstić information content (AvgIpc) is 3.16. The molecule has 2 unspecified atom stereocenters. The summed E-state index contributed by atoms with van der Waals surface area (Å²) < 4.78 is 35.0. The molecule has 0 aromatic heterocycles. The second-order valence-corrected chi connectivity index (χ2v) is 17.5. The molecule has 0 bridgehead atoms. The lowest BCUT2D eigenvalue weighted by Crippen LogP contribution is -2.37. The molecule has 0 saturated carbocycles. The number of nitrogens with zero attached hydrogens (tertiary/aromatic N) is 1. The van der Waals surface area contributed by atoms with E-state index in [1.54, 1.807) is 0 Å². The minimum atomic E-state index is -4.28. The van der Waals surface area contributed by atoms with E-state index in [0.717, 1.165) is 89.9 Å². The number of phosphoric acid groups is 1. The van der Waals surface area contributed by atoms with Crippen LogP contribution >= 0.6 is 7.82 Å². The zero-order chi connectivity index (χ0) is 42.0. The van der Waals surface area contributed by atoms with Gasteiger partial charge in [-0.1, -0.05) is 157 Å². The second kappa shape index (κ2) is 40.7. The van der Waals surface area contributed by atoms with E-state index in [2.05, 4.69) is 86.8 Å². The molecule has 57 heavy (non-hydrogen) atoms. The maximum Gasteiger partial charge on any atom is 0.472 e. The Morgan fingerprint density at radius 2 is 1.02 bits per heavy atom. The quantitative estimate of drug-likeness (QED) is 0.0216. The number of rotatable bonds is 41. The number of allylic oxidation sites excluding steroid dienone is 12. The summed E-state index contributed by atoms with van der Waals surface area (Å²) in [7, 11) is 1.64. The largest absolute Gasteiger partial charge is 0.472 e. The summed E-state index contributed by atoms with van der Waals surface area (Å²) in [4.78, 5) is 22.9. The molecule has 0 aromatic carbocycles. The van der Waals surface area contributed by atoms with E-state index in [1.807, 2.05) is 21.1 Å². The Hall–Kier alpha value is -2.06. The van der Waals surface area contributed by atoms with Gasteiger partial charge in [-0.05, 0) is 77.0 Å². The molecular weight excluding hydrogens is 734 g/mol. The van der Waals surface area contributed by atoms with Gasteiger partial charge in [-0.15, -0.1) is 0 Å². The summed E-state index contributed by atoms with van der Waals surface area (Å²) in [5.74, 6) is -0.334. The number of phosphoric ester groups is 1. The van der Waals surface area contributed by atoms with Crippen molar-refractivity contribution in [2.45, 2.75) is 174 Å². The van der Waals surface area contributed by atoms with Crippen molar-refractivity contribution in [1.29, 1.82) is 0 Å². The molecular formula is C48H87NO7P+. The van der Waals surface area contributed by atoms with Gasteiger partial charge < -0.3 is 18.9 Å². The Balaban J connectivity index is 4.20. The molecule has 0 saturated heterocycles. The summed E-state index contributed by atoms with van der Waals surface area (Å²) in [5, 5.41) is 0. The van der Waals surface area contributed by atoms with Crippen LogP contribution in [-0.4, -0.2) is 75.6 Å². The maximum atomic E-state index is 12.7. The number of carbonyl (C=O) groups excluding carboxylic acids is 1. The molecule has 0 amide bonds. The molecule has 9 heteroatoms. The molecule has 0 aliphatic carbocycles. The van der Waals surface area contributed by atoms with E-state index in [0.29, 0.717) is 24.1 Å². The Labute approximate surface area is 351 Å². The van der Waals surface area contributed by atoms with Crippen LogP contribution in [0.15, 0.2) is 72.9 Å². The fraction of sp³-hybridized carbons (Fsp3) is 0.729. The molecule has 0 aromatic rings. The number of ether oxygens (including phenoxy) is 2. The van der Waals surface area contributed by atoms with Gasteiger partial charge in [0.1, 0.15) is 19.3 Å². The van der Waals surface area contributed by atoms with Crippen molar-refractivity contribution in [3.63, 3.8) is 0 Å². The average molecular weight is 821 g/mol. The van der Waals surface area contributed by atoms with Crippen molar-refractivity contribution in [3.8, 4) is 0 Å². The molecule has 0 aliphatic heterocycles. The fourth-order valence-corrected chi connectivity index (χ4v) is 6.50. The van der Waals surface area contributed by atoms with Crippen LogP contribution in [0.4, 0.5) is 0 Å². The van der Waals surface area contributed by atoms with Gasteiger partial charge in [-0.2, -0.15) is 0 Å². The first-order chi connectivity index (χ1) is 27.6. The molecule has 0 radical (unpaired) electrons. The Morgan fingerprint density at radius 3 is 1.53 bits per heavy atom. The molecule has 8 nitrogen and oxygen atoms in total. The highest BCUT2D eigenvalue weighted by Crippen LogP contribution is 2.43. The van der Waals surface area contributed by atoms with E-state index in [1.165, 1.54) is 57.8 Å². The van der Waals surface area contributed by atoms with Crippen LogP contribution in [-0.2, 0) is 27.9 Å². The molecule has 0 rings (SSSR count). The highest BCUT2D eigenvalue weighted by Gasteiger charge is 2.26. The van der Waals surface area contributed by atoms with Crippen LogP contribution < -0.4 is 0 Å². The topological polar surface area (TPSA) is 91.3 Å². The van der Waals surface area contributed by atoms with Gasteiger partial charge in [-0.25, -0.2) is 4.57 Å². The molecule has 0 fully saturated rings. The van der Waals surface area contributed by atoms with Crippen molar-refractivity contribution < 1.29 is 37.3 Å². The van der Waals surface area contributed by atoms with E-state index in [4.69, 9.17) is 18.5 Å². The van der Waals surface area contributed by atoms with Gasteiger partial charge in [0.05, 0.1) is 34.4 Å². The number of quaternary nitrogens is 1. The smallest absolute Gasteiger partial charge is 0.457 e. The van der Waals surface area contributed by atoms with E-state index < -0.39 is 13.9 Å². The SMILES string of the molecule is CC/C=C\C/C=C\C/C=C\C/C=C\CCCCCCCCCCCOCC(COP(=O)(O)OCC[N+](C)(C)C)OC(=O)CCCCCCC/C=C\C/C=C\CCC. The van der Waals surface area contributed by atoms with Crippen molar-refractivity contribution in [2.75, 3.05) is 54.1 Å². The predicted octanol–water partition coefficient (Wildman–Crippen LogP) is 13.5. The Morgan fingerprint density at radius 1 is 0.561 bits per heavy atom. The van der Waals surface area contributed by atoms with Gasteiger partial charge >= 0.3 is 13.8 Å². The number of likely N-dealkylation sites (N-methyl/N-ethyl adjacent to an activating group) is 1. The monoisotopic (exact) mass is 821 g/mol. The third kappa shape index (κ3) is 44.9. The summed E-state index contributed by atoms with van der Waals surface area (Å²) >= 11 is 0. The van der Waals surface area contributed by atoms with Gasteiger partial charge in [0.25, 0.3) is 0 Å². The van der Waals surface area contributed by atoms with Crippen molar-refractivity contribution in [2.24, 2.45) is 0 Å². The zero-order valence-corrected chi connectivity index (χ0v) is 38.2. The molecule has 0 aliphatic rings. The van der Waals surface area contributed by atoms with E-state index >= 15 is 0 Å². The Bertz CT molecular complexity index is 1140. The number of unbranched alkanes of at least 4 members (excludes halogenated alkanes) is 15. The van der Waals surface area contributed by atoms with Gasteiger partial charge in [0, 0.05) is 13.0 Å². The zero-order valence-electron chi connectivity index (χ0n) is 37.3. The Kier molecular flexibility index (Phi) is 39.2. The lowest BCUT2D eigenvalue weighted by molar-refractivity contribution is -0.870. The van der Waals surface area contributed by atoms with Crippen LogP contribution in [0.1, 0.15) is 168 Å². The lowest BCUT2D eigenvalue weighted by atomic mass is 10.1. The van der Waals surface area contributed by atoms with Crippen molar-refractivity contribution in [1.82, 2.24) is 0 Å². The van der Waals surface area contributed by atoms with Crippen molar-refractivity contribution in [3.05, 3.63) is 72.9 Å². The lowest BCUT2D eigenvalue weighted by Gasteiger charge is -2.24. The van der Waals surface area contributed by atoms with E-state index in [-0.39, 0.29) is 25.8 Å². The van der Waals surface area contributed by atoms with Gasteiger partial charge in [0.15, 0.2) is 0 Å². The molecule has 2 atom stereocenters. The molecule has 1 N–H and O–H groups in total. The van der Waals surface area contributed by atoms with Crippen LogP contribution in [0.25, 0.3) is 0 Å². The highest BCUT2D eigenvalue weighted by atomic mass is 31.2. The summed E-state index contributed by atoms with van der Waals surface area (Å²) in [6.07, 6.45) is 52.2. The van der Waals surface area contributed by atoms with Crippen LogP contribution in [0, 0.1) is 0 Å². The molecule has 0 spiro atoms. The first-order valence-electron chi connectivity index (χ1n) is 22.7. The molecule has 330 valence electrons. The number of hydrogen-bond acceptors (Lipinski definition) is 6. The van der Waals surface area contributed by atoms with E-state index in [9.17, 15) is 14.3 Å². The van der Waals surface area contributed by atoms with Gasteiger partial charge in [0.2, 0.25) is 0 Å².